The van der Waals surface area contributed by atoms with Crippen LogP contribution < -0.4 is 0 Å². The fourth-order valence-corrected chi connectivity index (χ4v) is 2.35. The van der Waals surface area contributed by atoms with Crippen LogP contribution in [0.15, 0.2) is 24.3 Å². The SMILES string of the molecule is O=C(O)CCCCC(=O)OC(=O)c1ccccc1C(=O)OC(=O)CCCCC(=O)O. The van der Waals surface area contributed by atoms with Crippen molar-refractivity contribution in [2.75, 3.05) is 0 Å². The Morgan fingerprint density at radius 1 is 0.600 bits per heavy atom. The highest BCUT2D eigenvalue weighted by molar-refractivity contribution is 6.07. The van der Waals surface area contributed by atoms with Crippen LogP contribution in [0.25, 0.3) is 0 Å². The second kappa shape index (κ2) is 12.8. The molecule has 0 aliphatic heterocycles. The lowest BCUT2D eigenvalue weighted by Gasteiger charge is -2.08. The zero-order chi connectivity index (χ0) is 22.5. The van der Waals surface area contributed by atoms with Crippen LogP contribution >= 0.6 is 0 Å². The number of unbranched alkanes of at least 4 members (excludes halogenated alkanes) is 2. The minimum absolute atomic E-state index is 0.111. The van der Waals surface area contributed by atoms with E-state index in [1.165, 1.54) is 24.3 Å². The molecular formula is C20H22O10. The lowest BCUT2D eigenvalue weighted by Crippen LogP contribution is -2.19. The number of carbonyl (C=O) groups is 6. The van der Waals surface area contributed by atoms with E-state index in [2.05, 4.69) is 9.47 Å². The van der Waals surface area contributed by atoms with Gasteiger partial charge in [-0.25, -0.2) is 9.59 Å². The molecule has 10 nitrogen and oxygen atoms in total. The summed E-state index contributed by atoms with van der Waals surface area (Å²) in [6, 6.07) is 5.32. The van der Waals surface area contributed by atoms with E-state index in [9.17, 15) is 28.8 Å². The van der Waals surface area contributed by atoms with Crippen LogP contribution in [0, 0.1) is 0 Å². The Bertz CT molecular complexity index is 745. The molecule has 0 fully saturated rings. The van der Waals surface area contributed by atoms with E-state index in [1.807, 2.05) is 0 Å². The lowest BCUT2D eigenvalue weighted by atomic mass is 10.1. The van der Waals surface area contributed by atoms with Crippen LogP contribution in [0.1, 0.15) is 72.1 Å². The van der Waals surface area contributed by atoms with Crippen LogP contribution in [0.5, 0.6) is 0 Å². The predicted octanol–water partition coefficient (Wildman–Crippen LogP) is 2.34. The zero-order valence-corrected chi connectivity index (χ0v) is 16.1. The van der Waals surface area contributed by atoms with Gasteiger partial charge in [0.15, 0.2) is 0 Å². The molecule has 0 atom stereocenters. The minimum Gasteiger partial charge on any atom is -0.481 e. The molecule has 0 bridgehead atoms. The third-order valence-corrected chi connectivity index (χ3v) is 3.82. The number of hydrogen-bond acceptors (Lipinski definition) is 8. The number of ether oxygens (including phenoxy) is 2. The van der Waals surface area contributed by atoms with Crippen LogP contribution in [0.2, 0.25) is 0 Å². The Labute approximate surface area is 171 Å². The van der Waals surface area contributed by atoms with Crippen LogP contribution in [0.4, 0.5) is 0 Å². The molecule has 0 unspecified atom stereocenters. The minimum atomic E-state index is -1.10. The van der Waals surface area contributed by atoms with E-state index in [0.717, 1.165) is 0 Å². The predicted molar refractivity (Wildman–Crippen MR) is 99.5 cm³/mol. The first kappa shape index (κ1) is 24.5. The normalized spacial score (nSPS) is 10.1. The average Bonchev–Trinajstić information content (AvgIpc) is 2.68. The van der Waals surface area contributed by atoms with Crippen molar-refractivity contribution in [2.45, 2.75) is 51.4 Å². The van der Waals surface area contributed by atoms with E-state index in [0.29, 0.717) is 0 Å². The Morgan fingerprint density at radius 2 is 0.933 bits per heavy atom. The molecule has 0 saturated carbocycles. The zero-order valence-electron chi connectivity index (χ0n) is 16.1. The summed E-state index contributed by atoms with van der Waals surface area (Å²) in [4.78, 5) is 68.7. The van der Waals surface area contributed by atoms with Gasteiger partial charge in [-0.05, 0) is 37.8 Å². The first-order chi connectivity index (χ1) is 14.2. The monoisotopic (exact) mass is 422 g/mol. The number of carboxylic acid groups (broad SMARTS) is 2. The highest BCUT2D eigenvalue weighted by Gasteiger charge is 2.23. The maximum atomic E-state index is 12.2. The molecule has 1 aromatic carbocycles. The third-order valence-electron chi connectivity index (χ3n) is 3.82. The fourth-order valence-electron chi connectivity index (χ4n) is 2.35. The summed E-state index contributed by atoms with van der Waals surface area (Å²) in [6.07, 6.45) is 0.380. The number of benzene rings is 1. The summed E-state index contributed by atoms with van der Waals surface area (Å²) < 4.78 is 9.34. The first-order valence-corrected chi connectivity index (χ1v) is 9.23. The standard InChI is InChI=1S/C20H22O10/c21-15(22)9-3-5-11-17(25)29-19(27)13-7-1-2-8-14(13)20(28)30-18(26)12-6-4-10-16(23)24/h1-2,7-8H,3-6,9-12H2,(H,21,22)(H,23,24). The summed E-state index contributed by atoms with van der Waals surface area (Å²) in [5, 5.41) is 17.1. The molecule has 1 rings (SSSR count). The highest BCUT2D eigenvalue weighted by Crippen LogP contribution is 2.14. The summed E-state index contributed by atoms with van der Waals surface area (Å²) in [5.41, 5.74) is -0.528. The molecule has 162 valence electrons. The summed E-state index contributed by atoms with van der Waals surface area (Å²) in [5.74, 6) is -5.93. The van der Waals surface area contributed by atoms with Crippen molar-refractivity contribution < 1.29 is 48.5 Å². The molecule has 0 aliphatic rings. The van der Waals surface area contributed by atoms with E-state index in [4.69, 9.17) is 10.2 Å². The molecular weight excluding hydrogens is 400 g/mol. The van der Waals surface area contributed by atoms with Gasteiger partial charge in [0.2, 0.25) is 0 Å². The van der Waals surface area contributed by atoms with E-state index in [1.54, 1.807) is 0 Å². The summed E-state index contributed by atoms with van der Waals surface area (Å²) in [7, 11) is 0. The van der Waals surface area contributed by atoms with Crippen molar-refractivity contribution in [2.24, 2.45) is 0 Å². The molecule has 0 radical (unpaired) electrons. The van der Waals surface area contributed by atoms with E-state index in [-0.39, 0.29) is 62.5 Å². The van der Waals surface area contributed by atoms with Crippen molar-refractivity contribution in [3.05, 3.63) is 35.4 Å². The van der Waals surface area contributed by atoms with Crippen molar-refractivity contribution in [1.82, 2.24) is 0 Å². The number of hydrogen-bond donors (Lipinski definition) is 2. The molecule has 0 heterocycles. The molecule has 2 N–H and O–H groups in total. The van der Waals surface area contributed by atoms with E-state index < -0.39 is 35.8 Å². The number of carbonyl (C=O) groups excluding carboxylic acids is 4. The largest absolute Gasteiger partial charge is 0.481 e. The van der Waals surface area contributed by atoms with Crippen molar-refractivity contribution in [1.29, 1.82) is 0 Å². The summed E-state index contributed by atoms with van der Waals surface area (Å²) >= 11 is 0. The van der Waals surface area contributed by atoms with Gasteiger partial charge < -0.3 is 19.7 Å². The molecule has 0 amide bonds. The molecule has 0 saturated heterocycles. The van der Waals surface area contributed by atoms with E-state index >= 15 is 0 Å². The number of rotatable bonds is 12. The number of aliphatic carboxylic acids is 2. The van der Waals surface area contributed by atoms with Crippen molar-refractivity contribution in [3.8, 4) is 0 Å². The topological polar surface area (TPSA) is 161 Å². The molecule has 0 aliphatic carbocycles. The molecule has 10 heteroatoms. The Kier molecular flexibility index (Phi) is 10.5. The van der Waals surface area contributed by atoms with Gasteiger partial charge in [0, 0.05) is 25.7 Å². The number of carboxylic acids is 2. The van der Waals surface area contributed by atoms with Gasteiger partial charge in [0.05, 0.1) is 11.1 Å². The second-order valence-electron chi connectivity index (χ2n) is 6.27. The Hall–Kier alpha value is -3.56. The van der Waals surface area contributed by atoms with Crippen LogP contribution in [-0.2, 0) is 28.7 Å². The van der Waals surface area contributed by atoms with Gasteiger partial charge in [0.1, 0.15) is 0 Å². The fraction of sp³-hybridized carbons (Fsp3) is 0.400. The first-order valence-electron chi connectivity index (χ1n) is 9.23. The van der Waals surface area contributed by atoms with Gasteiger partial charge in [0.25, 0.3) is 0 Å². The van der Waals surface area contributed by atoms with Crippen molar-refractivity contribution in [3.63, 3.8) is 0 Å². The van der Waals surface area contributed by atoms with Crippen LogP contribution in [0.3, 0.4) is 0 Å². The van der Waals surface area contributed by atoms with Gasteiger partial charge in [-0.1, -0.05) is 12.1 Å². The lowest BCUT2D eigenvalue weighted by molar-refractivity contribution is -0.140. The molecule has 0 spiro atoms. The molecule has 1 aromatic rings. The smallest absolute Gasteiger partial charge is 0.346 e. The molecule has 0 aromatic heterocycles. The van der Waals surface area contributed by atoms with Gasteiger partial charge in [-0.15, -0.1) is 0 Å². The quantitative estimate of drug-likeness (QED) is 0.290. The van der Waals surface area contributed by atoms with Gasteiger partial charge >= 0.3 is 35.8 Å². The highest BCUT2D eigenvalue weighted by atomic mass is 16.6. The Balaban J connectivity index is 2.61. The Morgan fingerprint density at radius 3 is 1.27 bits per heavy atom. The second-order valence-corrected chi connectivity index (χ2v) is 6.27. The number of esters is 4. The summed E-state index contributed by atoms with van der Waals surface area (Å²) in [6.45, 7) is 0. The van der Waals surface area contributed by atoms with Gasteiger partial charge in [-0.3, -0.25) is 19.2 Å². The maximum Gasteiger partial charge on any atom is 0.346 e. The molecule has 30 heavy (non-hydrogen) atoms. The third kappa shape index (κ3) is 9.58. The van der Waals surface area contributed by atoms with Crippen LogP contribution in [-0.4, -0.2) is 46.0 Å². The van der Waals surface area contributed by atoms with Crippen molar-refractivity contribution >= 4 is 35.8 Å². The van der Waals surface area contributed by atoms with Gasteiger partial charge in [-0.2, -0.15) is 0 Å². The average molecular weight is 422 g/mol. The maximum absolute atomic E-state index is 12.2.